The fraction of sp³-hybridized carbons (Fsp3) is 0.235. The van der Waals surface area contributed by atoms with Gasteiger partial charge in [-0.05, 0) is 37.6 Å². The molecule has 0 saturated carbocycles. The molecule has 0 spiro atoms. The molecule has 23 heavy (non-hydrogen) atoms. The first-order chi connectivity index (χ1) is 11.1. The molecule has 0 radical (unpaired) electrons. The predicted molar refractivity (Wildman–Crippen MR) is 88.1 cm³/mol. The average molecular weight is 311 g/mol. The van der Waals surface area contributed by atoms with Crippen LogP contribution in [0.5, 0.6) is 5.75 Å². The van der Waals surface area contributed by atoms with E-state index in [1.807, 2.05) is 31.2 Å². The van der Waals surface area contributed by atoms with E-state index in [4.69, 9.17) is 4.74 Å². The highest BCUT2D eigenvalue weighted by Crippen LogP contribution is 2.17. The van der Waals surface area contributed by atoms with Crippen molar-refractivity contribution in [1.82, 2.24) is 15.2 Å². The number of aromatic nitrogens is 3. The largest absolute Gasteiger partial charge is 0.494 e. The number of rotatable bonds is 4. The Hall–Kier alpha value is -2.89. The molecule has 2 N–H and O–H groups in total. The SMILES string of the molecule is CCOc1ccc(Cc2n[nH]c(=O)c3c(=O)[nH]c(C)cc23)cc1. The zero-order valence-electron chi connectivity index (χ0n) is 13.0. The third-order valence-electron chi connectivity index (χ3n) is 3.60. The van der Waals surface area contributed by atoms with Gasteiger partial charge in [0.15, 0.2) is 0 Å². The number of pyridine rings is 1. The monoisotopic (exact) mass is 311 g/mol. The maximum Gasteiger partial charge on any atom is 0.277 e. The van der Waals surface area contributed by atoms with Gasteiger partial charge < -0.3 is 9.72 Å². The number of nitrogens with zero attached hydrogens (tertiary/aromatic N) is 1. The summed E-state index contributed by atoms with van der Waals surface area (Å²) in [6.45, 7) is 4.33. The van der Waals surface area contributed by atoms with Gasteiger partial charge in [-0.15, -0.1) is 0 Å². The molecule has 0 amide bonds. The number of fused-ring (bicyclic) bond motifs is 1. The molecule has 0 bridgehead atoms. The molecule has 0 aliphatic carbocycles. The van der Waals surface area contributed by atoms with E-state index in [2.05, 4.69) is 15.2 Å². The number of ether oxygens (including phenoxy) is 1. The lowest BCUT2D eigenvalue weighted by molar-refractivity contribution is 0.340. The molecule has 0 aliphatic heterocycles. The summed E-state index contributed by atoms with van der Waals surface area (Å²) >= 11 is 0. The van der Waals surface area contributed by atoms with Gasteiger partial charge in [-0.1, -0.05) is 12.1 Å². The van der Waals surface area contributed by atoms with Crippen LogP contribution >= 0.6 is 0 Å². The van der Waals surface area contributed by atoms with Crippen molar-refractivity contribution in [2.75, 3.05) is 6.61 Å². The number of hydrogen-bond donors (Lipinski definition) is 2. The van der Waals surface area contributed by atoms with Crippen LogP contribution in [0.4, 0.5) is 0 Å². The number of H-pyrrole nitrogens is 2. The van der Waals surface area contributed by atoms with E-state index < -0.39 is 11.1 Å². The third-order valence-corrected chi connectivity index (χ3v) is 3.60. The molecule has 3 rings (SSSR count). The second-order valence-electron chi connectivity index (χ2n) is 5.32. The van der Waals surface area contributed by atoms with Crippen molar-refractivity contribution in [1.29, 1.82) is 0 Å². The topological polar surface area (TPSA) is 87.8 Å². The number of benzene rings is 1. The van der Waals surface area contributed by atoms with Crippen molar-refractivity contribution < 1.29 is 4.74 Å². The van der Waals surface area contributed by atoms with Crippen LogP contribution in [0.2, 0.25) is 0 Å². The van der Waals surface area contributed by atoms with Crippen LogP contribution in [-0.2, 0) is 6.42 Å². The van der Waals surface area contributed by atoms with E-state index in [-0.39, 0.29) is 5.39 Å². The lowest BCUT2D eigenvalue weighted by Gasteiger charge is -2.07. The molecule has 0 saturated heterocycles. The first-order valence-electron chi connectivity index (χ1n) is 7.41. The Morgan fingerprint density at radius 3 is 2.57 bits per heavy atom. The van der Waals surface area contributed by atoms with Crippen LogP contribution in [0, 0.1) is 6.92 Å². The molecular formula is C17H17N3O3. The van der Waals surface area contributed by atoms with E-state index in [1.165, 1.54) is 0 Å². The maximum atomic E-state index is 12.0. The van der Waals surface area contributed by atoms with Crippen LogP contribution in [0.15, 0.2) is 39.9 Å². The number of aromatic amines is 2. The van der Waals surface area contributed by atoms with Crippen LogP contribution in [0.25, 0.3) is 10.8 Å². The molecule has 1 aromatic carbocycles. The summed E-state index contributed by atoms with van der Waals surface area (Å²) in [7, 11) is 0. The first-order valence-corrected chi connectivity index (χ1v) is 7.41. The Balaban J connectivity index is 2.05. The van der Waals surface area contributed by atoms with E-state index in [9.17, 15) is 9.59 Å². The van der Waals surface area contributed by atoms with Crippen molar-refractivity contribution in [2.24, 2.45) is 0 Å². The van der Waals surface area contributed by atoms with Gasteiger partial charge in [0.2, 0.25) is 0 Å². The minimum atomic E-state index is -0.475. The van der Waals surface area contributed by atoms with E-state index >= 15 is 0 Å². The average Bonchev–Trinajstić information content (AvgIpc) is 2.51. The molecule has 2 aromatic heterocycles. The summed E-state index contributed by atoms with van der Waals surface area (Å²) in [5, 5.41) is 7.23. The molecule has 0 unspecified atom stereocenters. The van der Waals surface area contributed by atoms with E-state index in [0.717, 1.165) is 11.3 Å². The van der Waals surface area contributed by atoms with Crippen LogP contribution in [0.3, 0.4) is 0 Å². The van der Waals surface area contributed by atoms with Crippen LogP contribution in [-0.4, -0.2) is 21.8 Å². The molecule has 6 nitrogen and oxygen atoms in total. The van der Waals surface area contributed by atoms with Crippen LogP contribution in [0.1, 0.15) is 23.9 Å². The molecule has 0 fully saturated rings. The second kappa shape index (κ2) is 6.08. The molecule has 118 valence electrons. The van der Waals surface area contributed by atoms with E-state index in [0.29, 0.717) is 29.8 Å². The second-order valence-corrected chi connectivity index (χ2v) is 5.32. The van der Waals surface area contributed by atoms with Gasteiger partial charge in [0.25, 0.3) is 11.1 Å². The Bertz CT molecular complexity index is 955. The van der Waals surface area contributed by atoms with Crippen molar-refractivity contribution in [3.8, 4) is 5.75 Å². The van der Waals surface area contributed by atoms with Crippen LogP contribution < -0.4 is 15.9 Å². The van der Waals surface area contributed by atoms with Gasteiger partial charge in [-0.2, -0.15) is 5.10 Å². The Morgan fingerprint density at radius 2 is 1.87 bits per heavy atom. The lowest BCUT2D eigenvalue weighted by Crippen LogP contribution is -2.21. The van der Waals surface area contributed by atoms with Gasteiger partial charge in [-0.25, -0.2) is 5.10 Å². The predicted octanol–water partition coefficient (Wildman–Crippen LogP) is 1.91. The number of nitrogens with one attached hydrogen (secondary N) is 2. The van der Waals surface area contributed by atoms with Crippen molar-refractivity contribution in [3.05, 3.63) is 68.0 Å². The summed E-state index contributed by atoms with van der Waals surface area (Å²) in [5.41, 5.74) is 1.52. The minimum absolute atomic E-state index is 0.117. The molecule has 2 heterocycles. The highest BCUT2D eigenvalue weighted by molar-refractivity contribution is 5.83. The summed E-state index contributed by atoms with van der Waals surface area (Å²) in [6, 6.07) is 9.46. The third kappa shape index (κ3) is 3.01. The van der Waals surface area contributed by atoms with Gasteiger partial charge >= 0.3 is 0 Å². The molecular weight excluding hydrogens is 294 g/mol. The normalized spacial score (nSPS) is 10.9. The molecule has 0 aliphatic rings. The quantitative estimate of drug-likeness (QED) is 0.770. The highest BCUT2D eigenvalue weighted by atomic mass is 16.5. The fourth-order valence-corrected chi connectivity index (χ4v) is 2.57. The molecule has 3 aromatic rings. The summed E-state index contributed by atoms with van der Waals surface area (Å²) in [4.78, 5) is 26.5. The van der Waals surface area contributed by atoms with E-state index in [1.54, 1.807) is 13.0 Å². The minimum Gasteiger partial charge on any atom is -0.494 e. The lowest BCUT2D eigenvalue weighted by atomic mass is 10.0. The Kier molecular flexibility index (Phi) is 3.97. The number of aryl methyl sites for hydroxylation is 1. The van der Waals surface area contributed by atoms with Crippen molar-refractivity contribution >= 4 is 10.8 Å². The van der Waals surface area contributed by atoms with Gasteiger partial charge in [0.1, 0.15) is 11.1 Å². The molecule has 6 heteroatoms. The smallest absolute Gasteiger partial charge is 0.277 e. The summed E-state index contributed by atoms with van der Waals surface area (Å²) < 4.78 is 5.42. The van der Waals surface area contributed by atoms with Gasteiger partial charge in [-0.3, -0.25) is 9.59 Å². The summed E-state index contributed by atoms with van der Waals surface area (Å²) in [5.74, 6) is 0.808. The zero-order valence-corrected chi connectivity index (χ0v) is 13.0. The number of hydrogen-bond acceptors (Lipinski definition) is 4. The summed E-state index contributed by atoms with van der Waals surface area (Å²) in [6.07, 6.45) is 0.516. The fourth-order valence-electron chi connectivity index (χ4n) is 2.57. The maximum absolute atomic E-state index is 12.0. The van der Waals surface area contributed by atoms with Crippen molar-refractivity contribution in [3.63, 3.8) is 0 Å². The highest BCUT2D eigenvalue weighted by Gasteiger charge is 2.11. The Morgan fingerprint density at radius 1 is 1.13 bits per heavy atom. The van der Waals surface area contributed by atoms with Crippen molar-refractivity contribution in [2.45, 2.75) is 20.3 Å². The molecule has 0 atom stereocenters. The Labute approximate surface area is 132 Å². The zero-order chi connectivity index (χ0) is 16.4. The van der Waals surface area contributed by atoms with Gasteiger partial charge in [0, 0.05) is 17.5 Å². The first kappa shape index (κ1) is 15.0. The van der Waals surface area contributed by atoms with Gasteiger partial charge in [0.05, 0.1) is 12.3 Å². The standard InChI is InChI=1S/C17H17N3O3/c1-3-23-12-6-4-11(5-7-12)9-14-13-8-10(2)18-16(21)15(13)17(22)20-19-14/h4-8H,3,9H2,1-2H3,(H,18,21)(H,20,22).